The van der Waals surface area contributed by atoms with Gasteiger partial charge >= 0.3 is 0 Å². The van der Waals surface area contributed by atoms with Gasteiger partial charge in [0.25, 0.3) is 0 Å². The number of ether oxygens (including phenoxy) is 1. The highest BCUT2D eigenvalue weighted by Crippen LogP contribution is 2.24. The van der Waals surface area contributed by atoms with Crippen LogP contribution in [0.15, 0.2) is 46.9 Å². The van der Waals surface area contributed by atoms with E-state index in [1.165, 1.54) is 0 Å². The lowest BCUT2D eigenvalue weighted by Crippen LogP contribution is -2.18. The molecule has 2 N–H and O–H groups in total. The highest BCUT2D eigenvalue weighted by Gasteiger charge is 2.05. The number of halogens is 2. The van der Waals surface area contributed by atoms with Gasteiger partial charge in [0.15, 0.2) is 0 Å². The summed E-state index contributed by atoms with van der Waals surface area (Å²) in [4.78, 5) is 0. The molecular formula is C16H17BrClNO. The first-order chi connectivity index (χ1) is 9.54. The average Bonchev–Trinajstić information content (AvgIpc) is 2.41. The fraction of sp³-hybridized carbons (Fsp3) is 0.250. The summed E-state index contributed by atoms with van der Waals surface area (Å²) in [5.41, 5.74) is 8.10. The van der Waals surface area contributed by atoms with E-state index in [9.17, 15) is 0 Å². The predicted molar refractivity (Wildman–Crippen MR) is 87.3 cm³/mol. The maximum atomic E-state index is 5.86. The Balaban J connectivity index is 2.04. The van der Waals surface area contributed by atoms with Gasteiger partial charge in [-0.15, -0.1) is 0 Å². The van der Waals surface area contributed by atoms with Crippen molar-refractivity contribution in [2.45, 2.75) is 26.0 Å². The van der Waals surface area contributed by atoms with E-state index in [2.05, 4.69) is 15.9 Å². The topological polar surface area (TPSA) is 35.2 Å². The Kier molecular flexibility index (Phi) is 5.46. The Morgan fingerprint density at radius 1 is 1.20 bits per heavy atom. The third kappa shape index (κ3) is 4.51. The van der Waals surface area contributed by atoms with Crippen LogP contribution in [0.1, 0.15) is 18.1 Å². The molecule has 0 aliphatic heterocycles. The summed E-state index contributed by atoms with van der Waals surface area (Å²) in [5, 5.41) is 0.733. The lowest BCUT2D eigenvalue weighted by molar-refractivity contribution is 0.306. The lowest BCUT2D eigenvalue weighted by atomic mass is 10.1. The van der Waals surface area contributed by atoms with Crippen LogP contribution in [-0.4, -0.2) is 6.04 Å². The maximum absolute atomic E-state index is 5.86. The van der Waals surface area contributed by atoms with Crippen molar-refractivity contribution in [2.24, 2.45) is 5.73 Å². The predicted octanol–water partition coefficient (Wildman–Crippen LogP) is 4.57. The molecule has 106 valence electrons. The Morgan fingerprint density at radius 3 is 2.55 bits per heavy atom. The molecule has 2 aromatic carbocycles. The van der Waals surface area contributed by atoms with Crippen LogP contribution in [-0.2, 0) is 13.0 Å². The van der Waals surface area contributed by atoms with Gasteiger partial charge in [-0.2, -0.15) is 0 Å². The Bertz CT molecular complexity index is 569. The van der Waals surface area contributed by atoms with E-state index in [0.717, 1.165) is 32.8 Å². The lowest BCUT2D eigenvalue weighted by Gasteiger charge is -2.11. The van der Waals surface area contributed by atoms with Crippen molar-refractivity contribution >= 4 is 27.5 Å². The van der Waals surface area contributed by atoms with E-state index in [4.69, 9.17) is 22.1 Å². The fourth-order valence-electron chi connectivity index (χ4n) is 1.89. The van der Waals surface area contributed by atoms with Gasteiger partial charge < -0.3 is 10.5 Å². The summed E-state index contributed by atoms with van der Waals surface area (Å²) in [6.45, 7) is 2.52. The molecule has 2 aromatic rings. The van der Waals surface area contributed by atoms with Crippen molar-refractivity contribution in [3.8, 4) is 5.75 Å². The van der Waals surface area contributed by atoms with Crippen LogP contribution in [0, 0.1) is 0 Å². The van der Waals surface area contributed by atoms with E-state index < -0.39 is 0 Å². The van der Waals surface area contributed by atoms with Crippen LogP contribution in [0.4, 0.5) is 0 Å². The first-order valence-corrected chi connectivity index (χ1v) is 7.63. The molecule has 1 unspecified atom stereocenters. The standard InChI is InChI=1S/C16H17BrClNO/c1-11(19)8-13-9-15(6-7-16(13)17)20-10-12-2-4-14(18)5-3-12/h2-7,9,11H,8,10,19H2,1H3. The number of hydrogen-bond donors (Lipinski definition) is 1. The number of nitrogens with two attached hydrogens (primary N) is 1. The Morgan fingerprint density at radius 2 is 1.90 bits per heavy atom. The van der Waals surface area contributed by atoms with Crippen molar-refractivity contribution in [2.75, 3.05) is 0 Å². The minimum atomic E-state index is 0.123. The molecule has 0 heterocycles. The summed E-state index contributed by atoms with van der Waals surface area (Å²) in [5.74, 6) is 0.846. The van der Waals surface area contributed by atoms with Crippen LogP contribution >= 0.6 is 27.5 Å². The normalized spacial score (nSPS) is 12.2. The highest BCUT2D eigenvalue weighted by molar-refractivity contribution is 9.10. The van der Waals surface area contributed by atoms with Crippen LogP contribution in [0.5, 0.6) is 5.75 Å². The van der Waals surface area contributed by atoms with Crippen LogP contribution < -0.4 is 10.5 Å². The first-order valence-electron chi connectivity index (χ1n) is 6.46. The molecule has 20 heavy (non-hydrogen) atoms. The molecular weight excluding hydrogens is 338 g/mol. The SMILES string of the molecule is CC(N)Cc1cc(OCc2ccc(Cl)cc2)ccc1Br. The molecule has 2 rings (SSSR count). The molecule has 0 saturated carbocycles. The van der Waals surface area contributed by atoms with Crippen molar-refractivity contribution in [3.05, 3.63) is 63.1 Å². The van der Waals surface area contributed by atoms with Crippen molar-refractivity contribution < 1.29 is 4.74 Å². The Labute approximate surface area is 133 Å². The third-order valence-corrected chi connectivity index (χ3v) is 3.90. The molecule has 0 amide bonds. The zero-order chi connectivity index (χ0) is 14.5. The molecule has 0 spiro atoms. The second kappa shape index (κ2) is 7.11. The van der Waals surface area contributed by atoms with Gasteiger partial charge in [0.2, 0.25) is 0 Å². The van der Waals surface area contributed by atoms with Gasteiger partial charge in [-0.3, -0.25) is 0 Å². The molecule has 0 fully saturated rings. The summed E-state index contributed by atoms with van der Waals surface area (Å²) in [7, 11) is 0. The van der Waals surface area contributed by atoms with E-state index in [0.29, 0.717) is 6.61 Å². The smallest absolute Gasteiger partial charge is 0.120 e. The number of rotatable bonds is 5. The summed E-state index contributed by atoms with van der Waals surface area (Å²) < 4.78 is 6.87. The molecule has 4 heteroatoms. The van der Waals surface area contributed by atoms with Gasteiger partial charge in [-0.05, 0) is 54.8 Å². The largest absolute Gasteiger partial charge is 0.489 e. The van der Waals surface area contributed by atoms with Crippen molar-refractivity contribution in [1.82, 2.24) is 0 Å². The molecule has 0 radical (unpaired) electrons. The van der Waals surface area contributed by atoms with E-state index >= 15 is 0 Å². The molecule has 1 atom stereocenters. The van der Waals surface area contributed by atoms with E-state index in [1.54, 1.807) is 0 Å². The zero-order valence-electron chi connectivity index (χ0n) is 11.3. The van der Waals surface area contributed by atoms with Gasteiger partial charge in [-0.1, -0.05) is 39.7 Å². The summed E-state index contributed by atoms with van der Waals surface area (Å²) in [6, 6.07) is 13.8. The molecule has 2 nitrogen and oxygen atoms in total. The van der Waals surface area contributed by atoms with Gasteiger partial charge in [0.1, 0.15) is 12.4 Å². The first kappa shape index (κ1) is 15.4. The summed E-state index contributed by atoms with van der Waals surface area (Å²) >= 11 is 9.39. The molecule has 0 bridgehead atoms. The second-order valence-corrected chi connectivity index (χ2v) is 6.14. The van der Waals surface area contributed by atoms with Crippen molar-refractivity contribution in [3.63, 3.8) is 0 Å². The second-order valence-electron chi connectivity index (χ2n) is 4.85. The number of hydrogen-bond acceptors (Lipinski definition) is 2. The van der Waals surface area contributed by atoms with Crippen LogP contribution in [0.2, 0.25) is 5.02 Å². The fourth-order valence-corrected chi connectivity index (χ4v) is 2.43. The highest BCUT2D eigenvalue weighted by atomic mass is 79.9. The maximum Gasteiger partial charge on any atom is 0.120 e. The number of benzene rings is 2. The minimum Gasteiger partial charge on any atom is -0.489 e. The van der Waals surface area contributed by atoms with Crippen molar-refractivity contribution in [1.29, 1.82) is 0 Å². The molecule has 0 saturated heterocycles. The third-order valence-electron chi connectivity index (χ3n) is 2.88. The van der Waals surface area contributed by atoms with Gasteiger partial charge in [-0.25, -0.2) is 0 Å². The minimum absolute atomic E-state index is 0.123. The summed E-state index contributed by atoms with van der Waals surface area (Å²) in [6.07, 6.45) is 0.818. The molecule has 0 aromatic heterocycles. The van der Waals surface area contributed by atoms with Gasteiger partial charge in [0, 0.05) is 15.5 Å². The Hall–Kier alpha value is -1.03. The average molecular weight is 355 g/mol. The van der Waals surface area contributed by atoms with Crippen LogP contribution in [0.3, 0.4) is 0 Å². The zero-order valence-corrected chi connectivity index (χ0v) is 13.6. The van der Waals surface area contributed by atoms with E-state index in [1.807, 2.05) is 49.4 Å². The molecule has 0 aliphatic carbocycles. The van der Waals surface area contributed by atoms with E-state index in [-0.39, 0.29) is 6.04 Å². The molecule has 0 aliphatic rings. The van der Waals surface area contributed by atoms with Gasteiger partial charge in [0.05, 0.1) is 0 Å². The van der Waals surface area contributed by atoms with Crippen LogP contribution in [0.25, 0.3) is 0 Å². The monoisotopic (exact) mass is 353 g/mol. The quantitative estimate of drug-likeness (QED) is 0.853.